The second-order valence-electron chi connectivity index (χ2n) is 5.94. The van der Waals surface area contributed by atoms with Crippen molar-refractivity contribution in [1.82, 2.24) is 14.8 Å². The van der Waals surface area contributed by atoms with Gasteiger partial charge in [0.15, 0.2) is 11.0 Å². The van der Waals surface area contributed by atoms with Crippen LogP contribution in [0.4, 0.5) is 4.39 Å². The lowest BCUT2D eigenvalue weighted by atomic mass is 10.2. The number of thioether (sulfide) groups is 1. The van der Waals surface area contributed by atoms with Crippen LogP contribution in [0.25, 0.3) is 11.4 Å². The zero-order valence-electron chi connectivity index (χ0n) is 14.6. The van der Waals surface area contributed by atoms with Gasteiger partial charge >= 0.3 is 0 Å². The fourth-order valence-electron chi connectivity index (χ4n) is 2.43. The number of nitrogens with zero attached hydrogens (tertiary/aromatic N) is 3. The molecule has 1 heterocycles. The molecular formula is C19H20FN3O2S. The van der Waals surface area contributed by atoms with Crippen molar-refractivity contribution in [3.63, 3.8) is 0 Å². The Labute approximate surface area is 155 Å². The molecule has 0 bridgehead atoms. The van der Waals surface area contributed by atoms with Crippen LogP contribution in [0.3, 0.4) is 0 Å². The van der Waals surface area contributed by atoms with Gasteiger partial charge in [0.25, 0.3) is 0 Å². The smallest absolute Gasteiger partial charge is 0.191 e. The molecule has 2 aromatic carbocycles. The van der Waals surface area contributed by atoms with E-state index in [2.05, 4.69) is 10.2 Å². The third-order valence-corrected chi connectivity index (χ3v) is 4.95. The minimum absolute atomic E-state index is 0.189. The van der Waals surface area contributed by atoms with Crippen molar-refractivity contribution < 1.29 is 14.2 Å². The lowest BCUT2D eigenvalue weighted by Gasteiger charge is -2.12. The van der Waals surface area contributed by atoms with Crippen LogP contribution in [0.5, 0.6) is 5.75 Å². The second-order valence-corrected chi connectivity index (χ2v) is 6.92. The highest BCUT2D eigenvalue weighted by molar-refractivity contribution is 7.99. The van der Waals surface area contributed by atoms with Crippen LogP contribution in [0, 0.1) is 12.7 Å². The second kappa shape index (κ2) is 8.33. The van der Waals surface area contributed by atoms with Crippen molar-refractivity contribution in [2.75, 3.05) is 12.4 Å². The Morgan fingerprint density at radius 3 is 2.77 bits per heavy atom. The van der Waals surface area contributed by atoms with E-state index in [1.807, 2.05) is 31.2 Å². The van der Waals surface area contributed by atoms with Crippen molar-refractivity contribution in [1.29, 1.82) is 0 Å². The Morgan fingerprint density at radius 2 is 2.00 bits per heavy atom. The maximum absolute atomic E-state index is 13.9. The van der Waals surface area contributed by atoms with E-state index in [4.69, 9.17) is 4.74 Å². The normalized spacial score (nSPS) is 12.2. The standard InChI is InChI=1S/C19H20FN3O2S/c1-13-6-5-7-15(10-13)25-11-14(24)12-26-19-22-21-18(23(19)2)16-8-3-4-9-17(16)20/h3-10,14,24H,11-12H2,1-2H3. The van der Waals surface area contributed by atoms with Crippen molar-refractivity contribution >= 4 is 11.8 Å². The van der Waals surface area contributed by atoms with E-state index < -0.39 is 6.10 Å². The first-order valence-corrected chi connectivity index (χ1v) is 9.18. The minimum atomic E-state index is -0.658. The quantitative estimate of drug-likeness (QED) is 0.643. The summed E-state index contributed by atoms with van der Waals surface area (Å²) < 4.78 is 21.2. The van der Waals surface area contributed by atoms with E-state index in [0.717, 1.165) is 11.3 Å². The van der Waals surface area contributed by atoms with E-state index in [1.54, 1.807) is 29.8 Å². The molecule has 0 aliphatic heterocycles. The SMILES string of the molecule is Cc1cccc(OCC(O)CSc2nnc(-c3ccccc3F)n2C)c1. The summed E-state index contributed by atoms with van der Waals surface area (Å²) in [4.78, 5) is 0. The summed E-state index contributed by atoms with van der Waals surface area (Å²) in [5.41, 5.74) is 1.50. The fourth-order valence-corrected chi connectivity index (χ4v) is 3.25. The molecule has 1 atom stereocenters. The van der Waals surface area contributed by atoms with Crippen LogP contribution >= 0.6 is 11.8 Å². The van der Waals surface area contributed by atoms with Crippen LogP contribution in [-0.4, -0.2) is 38.3 Å². The molecule has 7 heteroatoms. The summed E-state index contributed by atoms with van der Waals surface area (Å²) in [5, 5.41) is 18.9. The third kappa shape index (κ3) is 4.42. The molecule has 3 rings (SSSR count). The van der Waals surface area contributed by atoms with Crippen LogP contribution in [0.2, 0.25) is 0 Å². The number of ether oxygens (including phenoxy) is 1. The highest BCUT2D eigenvalue weighted by atomic mass is 32.2. The molecule has 1 aromatic heterocycles. The number of hydrogen-bond donors (Lipinski definition) is 1. The molecule has 1 N–H and O–H groups in total. The van der Waals surface area contributed by atoms with Gasteiger partial charge in [-0.1, -0.05) is 36.0 Å². The molecule has 0 saturated heterocycles. The summed E-state index contributed by atoms with van der Waals surface area (Å²) in [6.07, 6.45) is -0.658. The minimum Gasteiger partial charge on any atom is -0.491 e. The summed E-state index contributed by atoms with van der Waals surface area (Å²) in [7, 11) is 1.78. The van der Waals surface area contributed by atoms with Gasteiger partial charge in [-0.15, -0.1) is 10.2 Å². The zero-order chi connectivity index (χ0) is 18.5. The fraction of sp³-hybridized carbons (Fsp3) is 0.263. The van der Waals surface area contributed by atoms with Crippen molar-refractivity contribution in [2.24, 2.45) is 7.05 Å². The number of halogens is 1. The van der Waals surface area contributed by atoms with E-state index in [-0.39, 0.29) is 12.4 Å². The van der Waals surface area contributed by atoms with Gasteiger partial charge in [-0.05, 0) is 36.8 Å². The van der Waals surface area contributed by atoms with Gasteiger partial charge in [-0.3, -0.25) is 0 Å². The maximum Gasteiger partial charge on any atom is 0.191 e. The van der Waals surface area contributed by atoms with Crippen LogP contribution in [-0.2, 0) is 7.05 Å². The van der Waals surface area contributed by atoms with Crippen LogP contribution in [0.15, 0.2) is 53.7 Å². The average molecular weight is 373 g/mol. The van der Waals surface area contributed by atoms with E-state index in [0.29, 0.717) is 22.3 Å². The molecule has 0 aliphatic rings. The molecule has 0 radical (unpaired) electrons. The zero-order valence-corrected chi connectivity index (χ0v) is 15.4. The monoisotopic (exact) mass is 373 g/mol. The molecule has 5 nitrogen and oxygen atoms in total. The molecule has 26 heavy (non-hydrogen) atoms. The predicted molar refractivity (Wildman–Crippen MR) is 99.8 cm³/mol. The Morgan fingerprint density at radius 1 is 1.19 bits per heavy atom. The Kier molecular flexibility index (Phi) is 5.90. The number of benzene rings is 2. The number of rotatable bonds is 7. The highest BCUT2D eigenvalue weighted by Gasteiger charge is 2.16. The summed E-state index contributed by atoms with van der Waals surface area (Å²) in [5.74, 6) is 1.24. The Hall–Kier alpha value is -2.38. The Bertz CT molecular complexity index is 885. The number of aliphatic hydroxyl groups excluding tert-OH is 1. The molecule has 136 valence electrons. The highest BCUT2D eigenvalue weighted by Crippen LogP contribution is 2.25. The van der Waals surface area contributed by atoms with Gasteiger partial charge in [-0.25, -0.2) is 4.39 Å². The lowest BCUT2D eigenvalue weighted by molar-refractivity contribution is 0.126. The first-order valence-electron chi connectivity index (χ1n) is 8.19. The molecule has 0 aliphatic carbocycles. The molecule has 0 amide bonds. The van der Waals surface area contributed by atoms with Crippen molar-refractivity contribution in [3.05, 3.63) is 59.9 Å². The summed E-state index contributed by atoms with van der Waals surface area (Å²) in [6.45, 7) is 2.18. The number of hydrogen-bond acceptors (Lipinski definition) is 5. The van der Waals surface area contributed by atoms with Gasteiger partial charge in [0.05, 0.1) is 11.7 Å². The Balaban J connectivity index is 1.57. The first kappa shape index (κ1) is 18.4. The van der Waals surface area contributed by atoms with Crippen LogP contribution < -0.4 is 4.74 Å². The summed E-state index contributed by atoms with van der Waals surface area (Å²) in [6, 6.07) is 14.1. The third-order valence-electron chi connectivity index (χ3n) is 3.79. The van der Waals surface area contributed by atoms with Gasteiger partial charge in [0.2, 0.25) is 0 Å². The van der Waals surface area contributed by atoms with Crippen molar-refractivity contribution in [3.8, 4) is 17.1 Å². The first-order chi connectivity index (χ1) is 12.5. The predicted octanol–water partition coefficient (Wildman–Crippen LogP) is 3.46. The maximum atomic E-state index is 13.9. The van der Waals surface area contributed by atoms with Gasteiger partial charge in [0.1, 0.15) is 18.2 Å². The largest absolute Gasteiger partial charge is 0.491 e. The van der Waals surface area contributed by atoms with Crippen molar-refractivity contribution in [2.45, 2.75) is 18.2 Å². The number of aliphatic hydroxyl groups is 1. The molecule has 0 spiro atoms. The average Bonchev–Trinajstić information content (AvgIpc) is 2.99. The van der Waals surface area contributed by atoms with Crippen LogP contribution in [0.1, 0.15) is 5.56 Å². The molecule has 0 saturated carbocycles. The molecule has 0 fully saturated rings. The lowest BCUT2D eigenvalue weighted by Crippen LogP contribution is -2.20. The number of aromatic nitrogens is 3. The van der Waals surface area contributed by atoms with E-state index >= 15 is 0 Å². The molecule has 1 unspecified atom stereocenters. The van der Waals surface area contributed by atoms with E-state index in [1.165, 1.54) is 17.8 Å². The van der Waals surface area contributed by atoms with Gasteiger partial charge in [0, 0.05) is 12.8 Å². The topological polar surface area (TPSA) is 60.2 Å². The van der Waals surface area contributed by atoms with E-state index in [9.17, 15) is 9.50 Å². The summed E-state index contributed by atoms with van der Waals surface area (Å²) >= 11 is 1.35. The molecular weight excluding hydrogens is 353 g/mol. The molecule has 3 aromatic rings. The number of aryl methyl sites for hydroxylation is 1. The van der Waals surface area contributed by atoms with Gasteiger partial charge < -0.3 is 14.4 Å². The van der Waals surface area contributed by atoms with Gasteiger partial charge in [-0.2, -0.15) is 0 Å².